The van der Waals surface area contributed by atoms with E-state index in [9.17, 15) is 9.59 Å². The SMILES string of the molecule is C=CCn1c(=NC(=O)c2ccc(C(=O)OC)cc2)sc2c3ccccc3ccc21. The molecule has 6 heteroatoms. The number of amides is 1. The molecule has 0 aliphatic heterocycles. The molecule has 4 rings (SSSR count). The molecular formula is C23H18N2O3S. The summed E-state index contributed by atoms with van der Waals surface area (Å²) in [6.07, 6.45) is 1.79. The van der Waals surface area contributed by atoms with E-state index in [1.165, 1.54) is 18.4 Å². The number of ether oxygens (including phenoxy) is 1. The lowest BCUT2D eigenvalue weighted by atomic mass is 10.1. The van der Waals surface area contributed by atoms with E-state index in [1.54, 1.807) is 30.3 Å². The topological polar surface area (TPSA) is 60.7 Å². The van der Waals surface area contributed by atoms with Gasteiger partial charge in [0, 0.05) is 17.5 Å². The zero-order valence-electron chi connectivity index (χ0n) is 15.8. The number of fused-ring (bicyclic) bond motifs is 3. The fraction of sp³-hybridized carbons (Fsp3) is 0.0870. The second-order valence-corrected chi connectivity index (χ2v) is 7.38. The Morgan fingerprint density at radius 1 is 1.07 bits per heavy atom. The first kappa shape index (κ1) is 18.8. The molecule has 0 saturated heterocycles. The lowest BCUT2D eigenvalue weighted by Crippen LogP contribution is -2.16. The molecule has 0 aliphatic rings. The van der Waals surface area contributed by atoms with E-state index in [2.05, 4.69) is 34.5 Å². The summed E-state index contributed by atoms with van der Waals surface area (Å²) in [5.74, 6) is -0.809. The van der Waals surface area contributed by atoms with E-state index in [-0.39, 0.29) is 5.91 Å². The van der Waals surface area contributed by atoms with Gasteiger partial charge in [-0.15, -0.1) is 6.58 Å². The van der Waals surface area contributed by atoms with Crippen LogP contribution in [-0.4, -0.2) is 23.6 Å². The molecule has 4 aromatic rings. The Morgan fingerprint density at radius 2 is 1.79 bits per heavy atom. The maximum atomic E-state index is 12.7. The van der Waals surface area contributed by atoms with Crippen molar-refractivity contribution in [2.45, 2.75) is 6.54 Å². The van der Waals surface area contributed by atoms with Crippen LogP contribution < -0.4 is 4.80 Å². The maximum Gasteiger partial charge on any atom is 0.337 e. The normalized spacial score (nSPS) is 11.7. The molecule has 1 amide bonds. The van der Waals surface area contributed by atoms with Crippen LogP contribution in [0.2, 0.25) is 0 Å². The zero-order chi connectivity index (χ0) is 20.4. The minimum atomic E-state index is -0.443. The van der Waals surface area contributed by atoms with Crippen LogP contribution in [0.25, 0.3) is 21.0 Å². The third-order valence-electron chi connectivity index (χ3n) is 4.64. The molecule has 0 unspecified atom stereocenters. The molecule has 0 bridgehead atoms. The van der Waals surface area contributed by atoms with Gasteiger partial charge < -0.3 is 9.30 Å². The standard InChI is InChI=1S/C23H18N2O3S/c1-3-14-25-19-13-12-15-6-4-5-7-18(15)20(19)29-23(25)24-21(26)16-8-10-17(11-9-16)22(27)28-2/h3-13H,1,14H2,2H3. The summed E-state index contributed by atoms with van der Waals surface area (Å²) in [6.45, 7) is 4.38. The first-order valence-corrected chi connectivity index (χ1v) is 9.83. The van der Waals surface area contributed by atoms with Gasteiger partial charge in [-0.25, -0.2) is 4.79 Å². The largest absolute Gasteiger partial charge is 0.465 e. The molecule has 0 radical (unpaired) electrons. The Labute approximate surface area is 171 Å². The Bertz CT molecular complexity index is 1310. The highest BCUT2D eigenvalue weighted by atomic mass is 32.1. The van der Waals surface area contributed by atoms with E-state index in [0.29, 0.717) is 22.5 Å². The second kappa shape index (κ2) is 7.85. The summed E-state index contributed by atoms with van der Waals surface area (Å²) in [6, 6.07) is 18.6. The first-order valence-electron chi connectivity index (χ1n) is 9.02. The lowest BCUT2D eigenvalue weighted by Gasteiger charge is -2.03. The highest BCUT2D eigenvalue weighted by molar-refractivity contribution is 7.17. The molecule has 1 aromatic heterocycles. The molecule has 144 valence electrons. The quantitative estimate of drug-likeness (QED) is 0.371. The molecule has 0 aliphatic carbocycles. The summed E-state index contributed by atoms with van der Waals surface area (Å²) in [7, 11) is 1.32. The van der Waals surface area contributed by atoms with Gasteiger partial charge in [-0.1, -0.05) is 47.7 Å². The highest BCUT2D eigenvalue weighted by Crippen LogP contribution is 2.27. The van der Waals surface area contributed by atoms with Crippen LogP contribution in [0.3, 0.4) is 0 Å². The van der Waals surface area contributed by atoms with E-state index in [1.807, 2.05) is 22.8 Å². The Morgan fingerprint density at radius 3 is 2.52 bits per heavy atom. The molecule has 1 heterocycles. The molecule has 0 atom stereocenters. The van der Waals surface area contributed by atoms with Crippen molar-refractivity contribution in [1.82, 2.24) is 4.57 Å². The lowest BCUT2D eigenvalue weighted by molar-refractivity contribution is 0.0600. The molecule has 0 N–H and O–H groups in total. The van der Waals surface area contributed by atoms with Crippen LogP contribution in [0.1, 0.15) is 20.7 Å². The van der Waals surface area contributed by atoms with Gasteiger partial charge in [-0.3, -0.25) is 4.79 Å². The van der Waals surface area contributed by atoms with Crippen LogP contribution in [0.5, 0.6) is 0 Å². The van der Waals surface area contributed by atoms with E-state index in [0.717, 1.165) is 21.0 Å². The molecule has 0 saturated carbocycles. The number of aromatic nitrogens is 1. The number of carbonyl (C=O) groups is 2. The third-order valence-corrected chi connectivity index (χ3v) is 5.76. The van der Waals surface area contributed by atoms with Crippen LogP contribution >= 0.6 is 11.3 Å². The summed E-state index contributed by atoms with van der Waals surface area (Å²) in [4.78, 5) is 29.3. The maximum absolute atomic E-state index is 12.7. The molecular weight excluding hydrogens is 384 g/mol. The molecule has 0 spiro atoms. The monoisotopic (exact) mass is 402 g/mol. The summed E-state index contributed by atoms with van der Waals surface area (Å²) in [5.41, 5.74) is 1.81. The molecule has 5 nitrogen and oxygen atoms in total. The predicted molar refractivity (Wildman–Crippen MR) is 115 cm³/mol. The molecule has 3 aromatic carbocycles. The van der Waals surface area contributed by atoms with Gasteiger partial charge in [0.25, 0.3) is 5.91 Å². The number of carbonyl (C=O) groups excluding carboxylic acids is 2. The summed E-state index contributed by atoms with van der Waals surface area (Å²) in [5, 5.41) is 2.27. The highest BCUT2D eigenvalue weighted by Gasteiger charge is 2.12. The van der Waals surface area contributed by atoms with Crippen molar-refractivity contribution in [2.75, 3.05) is 7.11 Å². The zero-order valence-corrected chi connectivity index (χ0v) is 16.6. The Kier molecular flexibility index (Phi) is 5.10. The third kappa shape index (κ3) is 3.50. The smallest absolute Gasteiger partial charge is 0.337 e. The number of esters is 1. The van der Waals surface area contributed by atoms with Crippen molar-refractivity contribution in [1.29, 1.82) is 0 Å². The van der Waals surface area contributed by atoms with Crippen LogP contribution in [0.15, 0.2) is 78.3 Å². The minimum absolute atomic E-state index is 0.366. The van der Waals surface area contributed by atoms with Gasteiger partial charge in [0.15, 0.2) is 4.80 Å². The van der Waals surface area contributed by atoms with Crippen LogP contribution in [-0.2, 0) is 11.3 Å². The Hall–Kier alpha value is -3.51. The number of hydrogen-bond donors (Lipinski definition) is 0. The number of methoxy groups -OCH3 is 1. The van der Waals surface area contributed by atoms with Gasteiger partial charge in [-0.05, 0) is 35.7 Å². The first-order chi connectivity index (χ1) is 14.1. The minimum Gasteiger partial charge on any atom is -0.465 e. The number of hydrogen-bond acceptors (Lipinski definition) is 4. The van der Waals surface area contributed by atoms with Crippen molar-refractivity contribution in [2.24, 2.45) is 4.99 Å². The van der Waals surface area contributed by atoms with E-state index < -0.39 is 5.97 Å². The van der Waals surface area contributed by atoms with Gasteiger partial charge >= 0.3 is 5.97 Å². The predicted octanol–water partition coefficient (Wildman–Crippen LogP) is 4.57. The van der Waals surface area contributed by atoms with E-state index in [4.69, 9.17) is 0 Å². The average Bonchev–Trinajstić information content (AvgIpc) is 3.11. The summed E-state index contributed by atoms with van der Waals surface area (Å²) >= 11 is 1.48. The van der Waals surface area contributed by atoms with Crippen molar-refractivity contribution in [3.63, 3.8) is 0 Å². The van der Waals surface area contributed by atoms with Crippen molar-refractivity contribution < 1.29 is 14.3 Å². The number of benzene rings is 3. The van der Waals surface area contributed by atoms with Gasteiger partial charge in [0.05, 0.1) is 22.9 Å². The fourth-order valence-electron chi connectivity index (χ4n) is 3.21. The van der Waals surface area contributed by atoms with Gasteiger partial charge in [-0.2, -0.15) is 4.99 Å². The second-order valence-electron chi connectivity index (χ2n) is 6.40. The number of rotatable bonds is 4. The van der Waals surface area contributed by atoms with Crippen LogP contribution in [0, 0.1) is 0 Å². The van der Waals surface area contributed by atoms with Crippen molar-refractivity contribution in [3.05, 3.63) is 89.2 Å². The van der Waals surface area contributed by atoms with E-state index >= 15 is 0 Å². The summed E-state index contributed by atoms with van der Waals surface area (Å²) < 4.78 is 7.75. The van der Waals surface area contributed by atoms with Crippen molar-refractivity contribution >= 4 is 44.2 Å². The van der Waals surface area contributed by atoms with Gasteiger partial charge in [0.1, 0.15) is 0 Å². The fourth-order valence-corrected chi connectivity index (χ4v) is 4.38. The Balaban J connectivity index is 1.83. The van der Waals surface area contributed by atoms with Crippen molar-refractivity contribution in [3.8, 4) is 0 Å². The number of allylic oxidation sites excluding steroid dienone is 1. The number of nitrogens with zero attached hydrogens (tertiary/aromatic N) is 2. The van der Waals surface area contributed by atoms with Crippen LogP contribution in [0.4, 0.5) is 0 Å². The molecule has 0 fully saturated rings. The average molecular weight is 402 g/mol. The number of thiazole rings is 1. The molecule has 29 heavy (non-hydrogen) atoms. The van der Waals surface area contributed by atoms with Gasteiger partial charge in [0.2, 0.25) is 0 Å².